The van der Waals surface area contributed by atoms with Crippen LogP contribution >= 0.6 is 11.8 Å². The van der Waals surface area contributed by atoms with Gasteiger partial charge < -0.3 is 9.94 Å². The maximum atomic E-state index is 13.1. The maximum Gasteiger partial charge on any atom is 0.356 e. The fourth-order valence-electron chi connectivity index (χ4n) is 3.34. The van der Waals surface area contributed by atoms with Crippen LogP contribution in [0, 0.1) is 0 Å². The van der Waals surface area contributed by atoms with Crippen molar-refractivity contribution in [3.8, 4) is 0 Å². The average molecular weight is 394 g/mol. The number of ether oxygens (including phenoxy) is 1. The lowest BCUT2D eigenvalue weighted by Crippen LogP contribution is -2.54. The van der Waals surface area contributed by atoms with Crippen LogP contribution in [0.2, 0.25) is 0 Å². The smallest absolute Gasteiger partial charge is 0.356 e. The molecule has 0 aliphatic carbocycles. The molecule has 0 aromatic heterocycles. The number of carbonyl (C=O) groups excluding carboxylic acids is 2. The Labute approximate surface area is 166 Å². The highest BCUT2D eigenvalue weighted by atomic mass is 32.2. The van der Waals surface area contributed by atoms with E-state index in [1.54, 1.807) is 0 Å². The molecule has 142 valence electrons. The van der Waals surface area contributed by atoms with Crippen molar-refractivity contribution in [1.82, 2.24) is 4.90 Å². The molecule has 1 atom stereocenters. The highest BCUT2D eigenvalue weighted by Gasteiger charge is 2.46. The summed E-state index contributed by atoms with van der Waals surface area (Å²) >= 11 is 1.53. The van der Waals surface area contributed by atoms with E-state index in [2.05, 4.69) is 5.16 Å². The maximum absolute atomic E-state index is 13.1. The summed E-state index contributed by atoms with van der Waals surface area (Å²) in [7, 11) is 0. The largest absolute Gasteiger partial charge is 0.448 e. The summed E-state index contributed by atoms with van der Waals surface area (Å²) in [5.41, 5.74) is 2.30. The predicted octanol–water partition coefficient (Wildman–Crippen LogP) is 3.34. The van der Waals surface area contributed by atoms with Crippen LogP contribution in [-0.4, -0.2) is 39.3 Å². The predicted molar refractivity (Wildman–Crippen MR) is 106 cm³/mol. The van der Waals surface area contributed by atoms with Crippen molar-refractivity contribution in [1.29, 1.82) is 0 Å². The molecule has 2 heterocycles. The van der Waals surface area contributed by atoms with Gasteiger partial charge in [-0.1, -0.05) is 65.8 Å². The number of hydrogen-bond donors (Lipinski definition) is 1. The zero-order chi connectivity index (χ0) is 19.5. The molecule has 0 radical (unpaired) electrons. The molecule has 0 spiro atoms. The van der Waals surface area contributed by atoms with E-state index >= 15 is 0 Å². The van der Waals surface area contributed by atoms with Gasteiger partial charge in [-0.15, -0.1) is 11.8 Å². The van der Waals surface area contributed by atoms with Crippen molar-refractivity contribution in [2.45, 2.75) is 17.9 Å². The number of fused-ring (bicyclic) bond motifs is 1. The Morgan fingerprint density at radius 1 is 1.14 bits per heavy atom. The van der Waals surface area contributed by atoms with Gasteiger partial charge in [0.2, 0.25) is 5.91 Å². The lowest BCUT2D eigenvalue weighted by atomic mass is 10.0. The highest BCUT2D eigenvalue weighted by molar-refractivity contribution is 8.00. The van der Waals surface area contributed by atoms with Crippen LogP contribution in [-0.2, 0) is 14.3 Å². The number of amides is 1. The number of oxime groups is 1. The third kappa shape index (κ3) is 3.41. The first-order valence-electron chi connectivity index (χ1n) is 8.84. The van der Waals surface area contributed by atoms with Crippen LogP contribution in [0.4, 0.5) is 0 Å². The van der Waals surface area contributed by atoms with E-state index in [-0.39, 0.29) is 17.0 Å². The normalized spacial score (nSPS) is 19.0. The van der Waals surface area contributed by atoms with Crippen LogP contribution in [0.3, 0.4) is 0 Å². The van der Waals surface area contributed by atoms with E-state index in [0.29, 0.717) is 17.7 Å². The number of β-lactam (4-membered cyclic amide) rings is 1. The van der Waals surface area contributed by atoms with Gasteiger partial charge in [-0.3, -0.25) is 9.69 Å². The summed E-state index contributed by atoms with van der Waals surface area (Å²) in [5, 5.41) is 11.9. The van der Waals surface area contributed by atoms with Gasteiger partial charge in [0.15, 0.2) is 6.10 Å². The molecule has 1 N–H and O–H groups in total. The van der Waals surface area contributed by atoms with E-state index in [9.17, 15) is 9.59 Å². The Balaban J connectivity index is 1.70. The zero-order valence-corrected chi connectivity index (χ0v) is 15.7. The quantitative estimate of drug-likeness (QED) is 0.277. The van der Waals surface area contributed by atoms with Crippen molar-refractivity contribution in [3.05, 3.63) is 83.1 Å². The Morgan fingerprint density at radius 3 is 2.29 bits per heavy atom. The Hall–Kier alpha value is -3.06. The summed E-state index contributed by atoms with van der Waals surface area (Å²) < 4.78 is 5.90. The average Bonchev–Trinajstić information content (AvgIpc) is 2.73. The monoisotopic (exact) mass is 394 g/mol. The number of nitrogens with zero attached hydrogens (tertiary/aromatic N) is 2. The number of rotatable bonds is 5. The molecule has 0 bridgehead atoms. The zero-order valence-electron chi connectivity index (χ0n) is 14.9. The third-order valence-electron chi connectivity index (χ3n) is 4.72. The highest BCUT2D eigenvalue weighted by Crippen LogP contribution is 2.40. The summed E-state index contributed by atoms with van der Waals surface area (Å²) in [6, 6.07) is 18.9. The van der Waals surface area contributed by atoms with Gasteiger partial charge >= 0.3 is 5.97 Å². The molecule has 1 amide bonds. The van der Waals surface area contributed by atoms with E-state index in [1.807, 2.05) is 60.7 Å². The van der Waals surface area contributed by atoms with Crippen molar-refractivity contribution < 1.29 is 19.5 Å². The lowest BCUT2D eigenvalue weighted by Gasteiger charge is -2.44. The second kappa shape index (κ2) is 7.90. The molecule has 0 unspecified atom stereocenters. The minimum absolute atomic E-state index is 0.0715. The summed E-state index contributed by atoms with van der Waals surface area (Å²) in [6.45, 7) is 0. The van der Waals surface area contributed by atoms with Gasteiger partial charge in [0.05, 0.1) is 18.0 Å². The molecular formula is C21H18N2O4S. The van der Waals surface area contributed by atoms with Crippen molar-refractivity contribution in [3.63, 3.8) is 0 Å². The van der Waals surface area contributed by atoms with E-state index in [0.717, 1.165) is 11.1 Å². The fraction of sp³-hybridized carbons (Fsp3) is 0.190. The van der Waals surface area contributed by atoms with E-state index in [1.165, 1.54) is 22.9 Å². The van der Waals surface area contributed by atoms with Crippen LogP contribution in [0.1, 0.15) is 23.7 Å². The molecule has 2 aromatic rings. The van der Waals surface area contributed by atoms with Crippen LogP contribution in [0.5, 0.6) is 0 Å². The van der Waals surface area contributed by atoms with E-state index in [4.69, 9.17) is 9.94 Å². The third-order valence-corrected chi connectivity index (χ3v) is 5.96. The number of carbonyl (C=O) groups is 2. The lowest BCUT2D eigenvalue weighted by molar-refractivity contribution is -0.151. The minimum Gasteiger partial charge on any atom is -0.448 e. The van der Waals surface area contributed by atoms with Crippen LogP contribution in [0.25, 0.3) is 0 Å². The second-order valence-electron chi connectivity index (χ2n) is 6.46. The van der Waals surface area contributed by atoms with E-state index < -0.39 is 12.1 Å². The van der Waals surface area contributed by atoms with Gasteiger partial charge in [0, 0.05) is 11.3 Å². The van der Waals surface area contributed by atoms with Gasteiger partial charge in [-0.25, -0.2) is 4.79 Å². The molecule has 7 heteroatoms. The number of hydrogen-bond acceptors (Lipinski definition) is 6. The van der Waals surface area contributed by atoms with Crippen molar-refractivity contribution in [2.24, 2.45) is 5.16 Å². The molecule has 0 saturated carbocycles. The molecule has 2 aliphatic rings. The Bertz CT molecular complexity index is 904. The first-order chi connectivity index (χ1) is 13.7. The van der Waals surface area contributed by atoms with Crippen molar-refractivity contribution in [2.75, 3.05) is 5.75 Å². The first-order valence-corrected chi connectivity index (χ1v) is 9.89. The summed E-state index contributed by atoms with van der Waals surface area (Å²) in [5.74, 6) is -0.264. The molecule has 2 aliphatic heterocycles. The number of thioether (sulfide) groups is 1. The van der Waals surface area contributed by atoms with Crippen LogP contribution in [0.15, 0.2) is 77.1 Å². The molecule has 6 nitrogen and oxygen atoms in total. The molecular weight excluding hydrogens is 376 g/mol. The SMILES string of the molecule is O=C(OC(c1ccccc1)c1ccccc1)C1=C(/C=N\O)CS[C@@H]2CC(=O)N12. The second-order valence-corrected chi connectivity index (χ2v) is 7.62. The molecule has 4 rings (SSSR count). The van der Waals surface area contributed by atoms with Gasteiger partial charge in [-0.05, 0) is 11.1 Å². The summed E-state index contributed by atoms with van der Waals surface area (Å²) in [4.78, 5) is 26.7. The van der Waals surface area contributed by atoms with Gasteiger partial charge in [-0.2, -0.15) is 0 Å². The molecule has 2 aromatic carbocycles. The Kier molecular flexibility index (Phi) is 5.16. The Morgan fingerprint density at radius 2 is 1.75 bits per heavy atom. The molecule has 1 saturated heterocycles. The topological polar surface area (TPSA) is 79.2 Å². The molecule has 28 heavy (non-hydrogen) atoms. The fourth-order valence-corrected chi connectivity index (χ4v) is 4.56. The number of esters is 1. The van der Waals surface area contributed by atoms with Gasteiger partial charge in [0.1, 0.15) is 5.70 Å². The minimum atomic E-state index is -0.612. The van der Waals surface area contributed by atoms with Crippen LogP contribution < -0.4 is 0 Å². The summed E-state index contributed by atoms with van der Waals surface area (Å²) in [6.07, 6.45) is 0.983. The first kappa shape index (κ1) is 18.3. The van der Waals surface area contributed by atoms with Gasteiger partial charge in [0.25, 0.3) is 0 Å². The number of benzene rings is 2. The van der Waals surface area contributed by atoms with Crippen molar-refractivity contribution >= 4 is 29.9 Å². The molecule has 1 fully saturated rings. The standard InChI is InChI=1S/C21H18N2O4S/c24-17-11-18-23(17)19(16(12-22-26)13-28-18)21(25)27-20(14-7-3-1-4-8-14)15-9-5-2-6-10-15/h1-10,12,18,20,26H,11,13H2/b22-12-/t18-/m1/s1.